The Hall–Kier alpha value is -2.70. The Labute approximate surface area is 157 Å². The summed E-state index contributed by atoms with van der Waals surface area (Å²) in [6.45, 7) is 6.30. The van der Waals surface area contributed by atoms with Crippen molar-refractivity contribution in [1.82, 2.24) is 14.9 Å². The van der Waals surface area contributed by atoms with Gasteiger partial charge in [-0.15, -0.1) is 17.8 Å². The molecule has 0 aromatic carbocycles. The van der Waals surface area contributed by atoms with E-state index >= 15 is 0 Å². The van der Waals surface area contributed by atoms with Crippen LogP contribution in [-0.4, -0.2) is 33.1 Å². The molecular weight excluding hydrogens is 346 g/mol. The molecule has 1 atom stereocenters. The predicted molar refractivity (Wildman–Crippen MR) is 103 cm³/mol. The van der Waals surface area contributed by atoms with E-state index in [1.165, 1.54) is 0 Å². The number of terminal acetylenes is 1. The Balaban J connectivity index is 1.77. The van der Waals surface area contributed by atoms with Crippen molar-refractivity contribution >= 4 is 17.4 Å². The number of hydrogen-bond acceptors (Lipinski definition) is 4. The van der Waals surface area contributed by atoms with Crippen molar-refractivity contribution in [1.29, 1.82) is 0 Å². The maximum absolute atomic E-state index is 12.5. The molecule has 1 aliphatic heterocycles. The topological polar surface area (TPSA) is 58.2 Å². The van der Waals surface area contributed by atoms with Crippen molar-refractivity contribution in [3.8, 4) is 34.8 Å². The number of H-pyrrole nitrogens is 1. The van der Waals surface area contributed by atoms with E-state index in [1.54, 1.807) is 22.4 Å². The average molecular weight is 367 g/mol. The predicted octanol–water partition coefficient (Wildman–Crippen LogP) is 4.19. The highest BCUT2D eigenvalue weighted by atomic mass is 32.1. The van der Waals surface area contributed by atoms with E-state index in [9.17, 15) is 4.79 Å². The van der Waals surface area contributed by atoms with E-state index in [-0.39, 0.29) is 12.1 Å². The molecular formula is C20H21N3O2S. The number of carbonyl (C=O) groups excluding carboxylic acids is 1. The number of hydrogen-bond donors (Lipinski definition) is 1. The monoisotopic (exact) mass is 367 g/mol. The lowest BCUT2D eigenvalue weighted by Gasteiger charge is -2.27. The first-order valence-corrected chi connectivity index (χ1v) is 9.30. The minimum atomic E-state index is -0.509. The zero-order valence-corrected chi connectivity index (χ0v) is 15.9. The SMILES string of the molecule is C#CC#Cc1ccc(-c2cnc([C@@H]3CCCN3C(=O)OC(C)(C)C)[nH]2)s1. The Morgan fingerprint density at radius 2 is 2.27 bits per heavy atom. The normalized spacial score (nSPS) is 16.7. The van der Waals surface area contributed by atoms with Gasteiger partial charge in [-0.05, 0) is 63.5 Å². The van der Waals surface area contributed by atoms with Crippen LogP contribution in [0.4, 0.5) is 4.79 Å². The maximum Gasteiger partial charge on any atom is 0.410 e. The number of rotatable bonds is 2. The Morgan fingerprint density at radius 1 is 1.46 bits per heavy atom. The van der Waals surface area contributed by atoms with E-state index in [0.717, 1.165) is 34.1 Å². The molecule has 0 unspecified atom stereocenters. The number of imidazole rings is 1. The number of amides is 1. The largest absolute Gasteiger partial charge is 0.444 e. The van der Waals surface area contributed by atoms with Gasteiger partial charge in [0.05, 0.1) is 27.7 Å². The summed E-state index contributed by atoms with van der Waals surface area (Å²) in [6, 6.07) is 3.84. The minimum absolute atomic E-state index is 0.0840. The van der Waals surface area contributed by atoms with Gasteiger partial charge in [0.15, 0.2) is 0 Å². The van der Waals surface area contributed by atoms with Crippen molar-refractivity contribution in [2.75, 3.05) is 6.54 Å². The summed E-state index contributed by atoms with van der Waals surface area (Å²) in [4.78, 5) is 24.0. The number of nitrogens with zero attached hydrogens (tertiary/aromatic N) is 2. The number of thiophene rings is 1. The fourth-order valence-corrected chi connectivity index (χ4v) is 3.69. The summed E-state index contributed by atoms with van der Waals surface area (Å²) < 4.78 is 5.52. The van der Waals surface area contributed by atoms with Crippen molar-refractivity contribution < 1.29 is 9.53 Å². The standard InChI is InChI=1S/C20H21N3O2S/c1-5-6-8-14-10-11-17(26-14)15-13-21-18(22-15)16-9-7-12-23(16)19(24)25-20(2,3)4/h1,10-11,13,16H,7,9,12H2,2-4H3,(H,21,22)/t16-/m0/s1. The lowest BCUT2D eigenvalue weighted by molar-refractivity contribution is 0.0219. The molecule has 3 rings (SSSR count). The first-order valence-electron chi connectivity index (χ1n) is 8.49. The molecule has 1 N–H and O–H groups in total. The molecule has 134 valence electrons. The Kier molecular flexibility index (Phi) is 5.06. The first kappa shape index (κ1) is 18.1. The lowest BCUT2D eigenvalue weighted by Crippen LogP contribution is -2.36. The second-order valence-corrected chi connectivity index (χ2v) is 8.16. The van der Waals surface area contributed by atoms with Crippen LogP contribution in [0.3, 0.4) is 0 Å². The van der Waals surface area contributed by atoms with E-state index in [2.05, 4.69) is 27.7 Å². The van der Waals surface area contributed by atoms with E-state index in [4.69, 9.17) is 11.2 Å². The summed E-state index contributed by atoms with van der Waals surface area (Å²) in [6.07, 6.45) is 8.48. The molecule has 26 heavy (non-hydrogen) atoms. The quantitative estimate of drug-likeness (QED) is 0.810. The molecule has 5 nitrogen and oxygen atoms in total. The van der Waals surface area contributed by atoms with E-state index in [0.29, 0.717) is 6.54 Å². The van der Waals surface area contributed by atoms with Crippen molar-refractivity contribution in [3.63, 3.8) is 0 Å². The summed E-state index contributed by atoms with van der Waals surface area (Å²) in [5.74, 6) is 8.64. The summed E-state index contributed by atoms with van der Waals surface area (Å²) >= 11 is 1.55. The van der Waals surface area contributed by atoms with Crippen LogP contribution in [-0.2, 0) is 4.74 Å². The van der Waals surface area contributed by atoms with Gasteiger partial charge in [-0.2, -0.15) is 0 Å². The number of aromatic amines is 1. The molecule has 1 aliphatic rings. The summed E-state index contributed by atoms with van der Waals surface area (Å²) in [5, 5.41) is 0. The molecule has 6 heteroatoms. The van der Waals surface area contributed by atoms with Gasteiger partial charge >= 0.3 is 6.09 Å². The van der Waals surface area contributed by atoms with Crippen molar-refractivity contribution in [2.24, 2.45) is 0 Å². The first-order chi connectivity index (χ1) is 12.4. The zero-order chi connectivity index (χ0) is 18.7. The van der Waals surface area contributed by atoms with Crippen molar-refractivity contribution in [3.05, 3.63) is 29.0 Å². The average Bonchev–Trinajstić information content (AvgIpc) is 3.29. The van der Waals surface area contributed by atoms with E-state index < -0.39 is 5.60 Å². The molecule has 0 radical (unpaired) electrons. The summed E-state index contributed by atoms with van der Waals surface area (Å²) in [5.41, 5.74) is 0.403. The molecule has 0 spiro atoms. The van der Waals surface area contributed by atoms with Crippen LogP contribution < -0.4 is 0 Å². The van der Waals surface area contributed by atoms with Crippen LogP contribution >= 0.6 is 11.3 Å². The molecule has 0 bridgehead atoms. The van der Waals surface area contributed by atoms with Gasteiger partial charge in [-0.1, -0.05) is 0 Å². The second kappa shape index (κ2) is 7.27. The van der Waals surface area contributed by atoms with Crippen LogP contribution in [0.5, 0.6) is 0 Å². The van der Waals surface area contributed by atoms with Crippen LogP contribution in [0.15, 0.2) is 18.3 Å². The molecule has 0 aliphatic carbocycles. The van der Waals surface area contributed by atoms with Crippen molar-refractivity contribution in [2.45, 2.75) is 45.3 Å². The maximum atomic E-state index is 12.5. The van der Waals surface area contributed by atoms with Crippen LogP contribution in [0.25, 0.3) is 10.6 Å². The molecule has 1 saturated heterocycles. The minimum Gasteiger partial charge on any atom is -0.444 e. The number of nitrogens with one attached hydrogen (secondary N) is 1. The third kappa shape index (κ3) is 4.09. The zero-order valence-electron chi connectivity index (χ0n) is 15.1. The van der Waals surface area contributed by atoms with E-state index in [1.807, 2.05) is 32.9 Å². The van der Waals surface area contributed by atoms with Gasteiger partial charge in [-0.25, -0.2) is 9.78 Å². The number of ether oxygens (including phenoxy) is 1. The highest BCUT2D eigenvalue weighted by Gasteiger charge is 2.34. The molecule has 2 aromatic rings. The third-order valence-corrected chi connectivity index (χ3v) is 4.96. The number of likely N-dealkylation sites (tertiary alicyclic amines) is 1. The van der Waals surface area contributed by atoms with Gasteiger partial charge in [0.1, 0.15) is 11.4 Å². The number of carbonyl (C=O) groups is 1. The van der Waals surface area contributed by atoms with Gasteiger partial charge in [-0.3, -0.25) is 4.90 Å². The highest BCUT2D eigenvalue weighted by molar-refractivity contribution is 7.16. The molecule has 2 aromatic heterocycles. The Bertz CT molecular complexity index is 902. The molecule has 0 saturated carbocycles. The van der Waals surface area contributed by atoms with Gasteiger partial charge in [0.25, 0.3) is 0 Å². The number of aromatic nitrogens is 2. The smallest absolute Gasteiger partial charge is 0.410 e. The molecule has 3 heterocycles. The fourth-order valence-electron chi connectivity index (χ4n) is 2.87. The molecule has 1 amide bonds. The Morgan fingerprint density at radius 3 is 3.00 bits per heavy atom. The lowest BCUT2D eigenvalue weighted by atomic mass is 10.2. The van der Waals surface area contributed by atoms with Crippen LogP contribution in [0.1, 0.15) is 50.4 Å². The highest BCUT2D eigenvalue weighted by Crippen LogP contribution is 2.34. The summed E-state index contributed by atoms with van der Waals surface area (Å²) in [7, 11) is 0. The second-order valence-electron chi connectivity index (χ2n) is 7.07. The fraction of sp³-hybridized carbons (Fsp3) is 0.400. The van der Waals surface area contributed by atoms with Crippen LogP contribution in [0, 0.1) is 24.2 Å². The van der Waals surface area contributed by atoms with Gasteiger partial charge in [0, 0.05) is 6.54 Å². The third-order valence-electron chi connectivity index (χ3n) is 3.92. The van der Waals surface area contributed by atoms with Crippen LogP contribution in [0.2, 0.25) is 0 Å². The van der Waals surface area contributed by atoms with Gasteiger partial charge < -0.3 is 9.72 Å². The molecule has 1 fully saturated rings. The van der Waals surface area contributed by atoms with Gasteiger partial charge in [0.2, 0.25) is 0 Å².